The van der Waals surface area contributed by atoms with Crippen LogP contribution in [-0.2, 0) is 6.42 Å². The van der Waals surface area contributed by atoms with Gasteiger partial charge in [0.25, 0.3) is 0 Å². The van der Waals surface area contributed by atoms with Gasteiger partial charge < -0.3 is 5.73 Å². The van der Waals surface area contributed by atoms with Crippen LogP contribution in [0.15, 0.2) is 6.07 Å². The van der Waals surface area contributed by atoms with Gasteiger partial charge in [-0.15, -0.1) is 0 Å². The van der Waals surface area contributed by atoms with Crippen LogP contribution in [0.2, 0.25) is 0 Å². The molecule has 0 bridgehead atoms. The predicted molar refractivity (Wildman–Crippen MR) is 50.1 cm³/mol. The average Bonchev–Trinajstić information content (AvgIpc) is 2.32. The lowest BCUT2D eigenvalue weighted by Gasteiger charge is -2.06. The largest absolute Gasteiger partial charge is 0.330 e. The van der Waals surface area contributed by atoms with Crippen molar-refractivity contribution in [2.24, 2.45) is 5.73 Å². The van der Waals surface area contributed by atoms with E-state index in [1.165, 1.54) is 5.69 Å². The molecule has 0 aliphatic rings. The Morgan fingerprint density at radius 3 is 2.67 bits per heavy atom. The molecule has 0 saturated carbocycles. The molecule has 1 rings (SSSR count). The molecule has 1 heterocycles. The molecule has 12 heavy (non-hydrogen) atoms. The Hall–Kier alpha value is -0.830. The van der Waals surface area contributed by atoms with Gasteiger partial charge in [-0.1, -0.05) is 0 Å². The van der Waals surface area contributed by atoms with E-state index in [1.807, 2.05) is 4.68 Å². The van der Waals surface area contributed by atoms with Gasteiger partial charge in [0.05, 0.1) is 5.69 Å². The third kappa shape index (κ3) is 1.85. The van der Waals surface area contributed by atoms with Crippen LogP contribution < -0.4 is 5.73 Å². The summed E-state index contributed by atoms with van der Waals surface area (Å²) in [6, 6.07) is 2.55. The molecular weight excluding hydrogens is 150 g/mol. The number of rotatable bonds is 3. The number of hydrogen-bond donors (Lipinski definition) is 1. The molecule has 3 heteroatoms. The zero-order valence-corrected chi connectivity index (χ0v) is 8.04. The van der Waals surface area contributed by atoms with E-state index in [0.29, 0.717) is 12.6 Å². The fourth-order valence-electron chi connectivity index (χ4n) is 1.35. The minimum Gasteiger partial charge on any atom is -0.330 e. The molecule has 3 nitrogen and oxygen atoms in total. The first-order valence-corrected chi connectivity index (χ1v) is 4.40. The first-order valence-electron chi connectivity index (χ1n) is 4.40. The van der Waals surface area contributed by atoms with Crippen molar-refractivity contribution in [3.63, 3.8) is 0 Å². The van der Waals surface area contributed by atoms with E-state index >= 15 is 0 Å². The van der Waals surface area contributed by atoms with Crippen LogP contribution in [0.5, 0.6) is 0 Å². The summed E-state index contributed by atoms with van der Waals surface area (Å²) >= 11 is 0. The summed E-state index contributed by atoms with van der Waals surface area (Å²) < 4.78 is 2.03. The third-order valence-electron chi connectivity index (χ3n) is 1.86. The Bertz CT molecular complexity index is 250. The summed E-state index contributed by atoms with van der Waals surface area (Å²) in [5.74, 6) is 0. The van der Waals surface area contributed by atoms with Crippen molar-refractivity contribution < 1.29 is 0 Å². The van der Waals surface area contributed by atoms with Crippen LogP contribution in [0, 0.1) is 6.92 Å². The van der Waals surface area contributed by atoms with Gasteiger partial charge in [-0.05, 0) is 33.4 Å². The molecule has 2 N–H and O–H groups in total. The minimum atomic E-state index is 0.441. The van der Waals surface area contributed by atoms with Gasteiger partial charge in [-0.25, -0.2) is 0 Å². The first-order chi connectivity index (χ1) is 5.65. The van der Waals surface area contributed by atoms with Crippen LogP contribution in [0.4, 0.5) is 0 Å². The summed E-state index contributed by atoms with van der Waals surface area (Å²) in [4.78, 5) is 0. The molecule has 0 saturated heterocycles. The summed E-state index contributed by atoms with van der Waals surface area (Å²) in [5, 5.41) is 4.44. The molecule has 1 aromatic heterocycles. The van der Waals surface area contributed by atoms with E-state index in [9.17, 15) is 0 Å². The van der Waals surface area contributed by atoms with Gasteiger partial charge in [-0.3, -0.25) is 4.68 Å². The second-order valence-electron chi connectivity index (χ2n) is 3.35. The van der Waals surface area contributed by atoms with E-state index in [1.54, 1.807) is 0 Å². The van der Waals surface area contributed by atoms with Gasteiger partial charge in [0, 0.05) is 18.2 Å². The topological polar surface area (TPSA) is 43.8 Å². The van der Waals surface area contributed by atoms with E-state index in [2.05, 4.69) is 31.9 Å². The molecule has 0 aliphatic carbocycles. The van der Waals surface area contributed by atoms with Crippen molar-refractivity contribution in [1.82, 2.24) is 9.78 Å². The first kappa shape index (κ1) is 9.26. The molecule has 1 aromatic rings. The van der Waals surface area contributed by atoms with Crippen molar-refractivity contribution in [3.05, 3.63) is 17.5 Å². The fraction of sp³-hybridized carbons (Fsp3) is 0.667. The van der Waals surface area contributed by atoms with Crippen LogP contribution in [0.3, 0.4) is 0 Å². The van der Waals surface area contributed by atoms with Crippen molar-refractivity contribution >= 4 is 0 Å². The van der Waals surface area contributed by atoms with Crippen LogP contribution in [-0.4, -0.2) is 16.3 Å². The maximum atomic E-state index is 5.45. The second kappa shape index (κ2) is 3.72. The monoisotopic (exact) mass is 167 g/mol. The van der Waals surface area contributed by atoms with E-state index in [4.69, 9.17) is 5.73 Å². The van der Waals surface area contributed by atoms with Crippen LogP contribution in [0.25, 0.3) is 0 Å². The highest BCUT2D eigenvalue weighted by Gasteiger charge is 2.05. The summed E-state index contributed by atoms with van der Waals surface area (Å²) in [7, 11) is 0. The normalized spacial score (nSPS) is 11.1. The molecule has 0 radical (unpaired) electrons. The zero-order chi connectivity index (χ0) is 9.14. The summed E-state index contributed by atoms with van der Waals surface area (Å²) in [6.07, 6.45) is 0.876. The highest BCUT2D eigenvalue weighted by Crippen LogP contribution is 2.09. The molecule has 0 atom stereocenters. The quantitative estimate of drug-likeness (QED) is 0.736. The van der Waals surface area contributed by atoms with E-state index < -0.39 is 0 Å². The predicted octanol–water partition coefficient (Wildman–Crippen LogP) is 1.27. The highest BCUT2D eigenvalue weighted by molar-refractivity contribution is 5.09. The number of nitrogens with two attached hydrogens (primary N) is 1. The van der Waals surface area contributed by atoms with Gasteiger partial charge in [0.1, 0.15) is 0 Å². The van der Waals surface area contributed by atoms with Crippen molar-refractivity contribution in [2.45, 2.75) is 33.2 Å². The van der Waals surface area contributed by atoms with Crippen LogP contribution in [0.1, 0.15) is 31.3 Å². The standard InChI is InChI=1S/C9H17N3/c1-7(2)12-8(3)6-9(11-12)4-5-10/h6-7H,4-5,10H2,1-3H3. The average molecular weight is 167 g/mol. The summed E-state index contributed by atoms with van der Waals surface area (Å²) in [5.41, 5.74) is 7.76. The summed E-state index contributed by atoms with van der Waals surface area (Å²) in [6.45, 7) is 7.01. The van der Waals surface area contributed by atoms with E-state index in [-0.39, 0.29) is 0 Å². The lowest BCUT2D eigenvalue weighted by molar-refractivity contribution is 0.514. The molecule has 0 amide bonds. The lowest BCUT2D eigenvalue weighted by atomic mass is 10.3. The van der Waals surface area contributed by atoms with Gasteiger partial charge in [-0.2, -0.15) is 5.10 Å². The van der Waals surface area contributed by atoms with E-state index in [0.717, 1.165) is 12.1 Å². The fourth-order valence-corrected chi connectivity index (χ4v) is 1.35. The Morgan fingerprint density at radius 2 is 2.25 bits per heavy atom. The van der Waals surface area contributed by atoms with Crippen molar-refractivity contribution in [3.8, 4) is 0 Å². The van der Waals surface area contributed by atoms with Gasteiger partial charge in [0.15, 0.2) is 0 Å². The molecule has 68 valence electrons. The molecule has 0 unspecified atom stereocenters. The van der Waals surface area contributed by atoms with Crippen LogP contribution >= 0.6 is 0 Å². The number of hydrogen-bond acceptors (Lipinski definition) is 2. The number of nitrogens with zero attached hydrogens (tertiary/aromatic N) is 2. The molecule has 0 aromatic carbocycles. The Labute approximate surface area is 73.6 Å². The minimum absolute atomic E-state index is 0.441. The third-order valence-corrected chi connectivity index (χ3v) is 1.86. The van der Waals surface area contributed by atoms with Crippen molar-refractivity contribution in [1.29, 1.82) is 0 Å². The SMILES string of the molecule is Cc1cc(CCN)nn1C(C)C. The zero-order valence-electron chi connectivity index (χ0n) is 8.04. The number of aromatic nitrogens is 2. The maximum absolute atomic E-state index is 5.45. The Morgan fingerprint density at radius 1 is 1.58 bits per heavy atom. The lowest BCUT2D eigenvalue weighted by Crippen LogP contribution is -2.07. The Kier molecular flexibility index (Phi) is 2.87. The van der Waals surface area contributed by atoms with Crippen molar-refractivity contribution in [2.75, 3.05) is 6.54 Å². The van der Waals surface area contributed by atoms with Gasteiger partial charge in [0.2, 0.25) is 0 Å². The number of aryl methyl sites for hydroxylation is 1. The molecule has 0 fully saturated rings. The highest BCUT2D eigenvalue weighted by atomic mass is 15.3. The van der Waals surface area contributed by atoms with Gasteiger partial charge >= 0.3 is 0 Å². The smallest absolute Gasteiger partial charge is 0.0640 e. The molecule has 0 spiro atoms. The Balaban J connectivity index is 2.85. The maximum Gasteiger partial charge on any atom is 0.0640 e. The molecular formula is C9H17N3. The molecule has 0 aliphatic heterocycles. The second-order valence-corrected chi connectivity index (χ2v) is 3.35.